The lowest BCUT2D eigenvalue weighted by Gasteiger charge is -2.26. The summed E-state index contributed by atoms with van der Waals surface area (Å²) < 4.78 is 5.31. The Morgan fingerprint density at radius 1 is 1.41 bits per heavy atom. The minimum atomic E-state index is 0.651. The molecule has 0 unspecified atom stereocenters. The third-order valence-corrected chi connectivity index (χ3v) is 3.47. The van der Waals surface area contributed by atoms with Crippen LogP contribution >= 0.6 is 0 Å². The molecule has 1 saturated carbocycles. The molecule has 0 radical (unpaired) electrons. The van der Waals surface area contributed by atoms with E-state index in [9.17, 15) is 0 Å². The van der Waals surface area contributed by atoms with Crippen LogP contribution in [0.25, 0.3) is 0 Å². The lowest BCUT2D eigenvalue weighted by molar-refractivity contribution is 0.0377. The van der Waals surface area contributed by atoms with Crippen LogP contribution in [0.2, 0.25) is 0 Å². The summed E-state index contributed by atoms with van der Waals surface area (Å²) in [6.45, 7) is 5.79. The topological polar surface area (TPSA) is 54.1 Å². The molecule has 5 nitrogen and oxygen atoms in total. The van der Waals surface area contributed by atoms with Crippen LogP contribution in [0, 0.1) is 0 Å². The fourth-order valence-electron chi connectivity index (χ4n) is 2.07. The zero-order valence-electron chi connectivity index (χ0n) is 10.8. The van der Waals surface area contributed by atoms with Gasteiger partial charge in [-0.15, -0.1) is 0 Å². The van der Waals surface area contributed by atoms with E-state index in [2.05, 4.69) is 14.8 Å². The molecule has 5 heteroatoms. The van der Waals surface area contributed by atoms with Crippen molar-refractivity contribution in [3.63, 3.8) is 0 Å². The molecule has 2 rings (SSSR count). The fraction of sp³-hybridized carbons (Fsp3) is 0.917. The summed E-state index contributed by atoms with van der Waals surface area (Å²) in [6, 6.07) is 0.651. The summed E-state index contributed by atoms with van der Waals surface area (Å²) in [5.74, 6) is 0.703. The zero-order chi connectivity index (χ0) is 12.1. The molecule has 1 aliphatic heterocycles. The first-order valence-corrected chi connectivity index (χ1v) is 6.60. The van der Waals surface area contributed by atoms with Crippen molar-refractivity contribution in [2.75, 3.05) is 46.4 Å². The van der Waals surface area contributed by atoms with Gasteiger partial charge in [0.15, 0.2) is 5.96 Å². The minimum absolute atomic E-state index is 0.651. The van der Waals surface area contributed by atoms with E-state index < -0.39 is 0 Å². The van der Waals surface area contributed by atoms with E-state index in [1.807, 2.05) is 7.05 Å². The van der Waals surface area contributed by atoms with Gasteiger partial charge in [0, 0.05) is 39.3 Å². The van der Waals surface area contributed by atoms with Crippen molar-refractivity contribution < 1.29 is 4.74 Å². The number of nitrogens with zero attached hydrogens (tertiary/aromatic N) is 3. The lowest BCUT2D eigenvalue weighted by Crippen LogP contribution is -2.37. The predicted octanol–water partition coefficient (Wildman–Crippen LogP) is 0.118. The van der Waals surface area contributed by atoms with Crippen LogP contribution in [0.3, 0.4) is 0 Å². The van der Waals surface area contributed by atoms with Gasteiger partial charge in [-0.3, -0.25) is 9.89 Å². The van der Waals surface area contributed by atoms with Gasteiger partial charge in [0.2, 0.25) is 0 Å². The molecule has 17 heavy (non-hydrogen) atoms. The third-order valence-electron chi connectivity index (χ3n) is 3.47. The van der Waals surface area contributed by atoms with E-state index in [4.69, 9.17) is 10.5 Å². The number of nitrogens with two attached hydrogens (primary N) is 1. The Bertz CT molecular complexity index is 259. The van der Waals surface area contributed by atoms with Gasteiger partial charge >= 0.3 is 0 Å². The second-order valence-corrected chi connectivity index (χ2v) is 4.89. The van der Waals surface area contributed by atoms with Gasteiger partial charge in [-0.2, -0.15) is 0 Å². The van der Waals surface area contributed by atoms with Crippen molar-refractivity contribution in [2.45, 2.75) is 25.3 Å². The van der Waals surface area contributed by atoms with E-state index in [-0.39, 0.29) is 0 Å². The summed E-state index contributed by atoms with van der Waals surface area (Å²) in [4.78, 5) is 8.97. The van der Waals surface area contributed by atoms with Crippen LogP contribution in [-0.4, -0.2) is 68.2 Å². The number of aliphatic imine (C=N–C) groups is 1. The van der Waals surface area contributed by atoms with E-state index in [0.717, 1.165) is 45.8 Å². The highest BCUT2D eigenvalue weighted by molar-refractivity contribution is 5.78. The highest BCUT2D eigenvalue weighted by Crippen LogP contribution is 2.24. The average Bonchev–Trinajstić information content (AvgIpc) is 3.19. The summed E-state index contributed by atoms with van der Waals surface area (Å²) in [5, 5.41) is 0. The molecule has 98 valence electrons. The molecule has 0 aromatic rings. The molecule has 1 heterocycles. The van der Waals surface area contributed by atoms with Gasteiger partial charge in [0.05, 0.1) is 13.2 Å². The molecule has 0 aromatic carbocycles. The maximum absolute atomic E-state index is 5.92. The smallest absolute Gasteiger partial charge is 0.191 e. The van der Waals surface area contributed by atoms with Crippen molar-refractivity contribution in [3.8, 4) is 0 Å². The number of hydrogen-bond acceptors (Lipinski definition) is 3. The van der Waals surface area contributed by atoms with Crippen LogP contribution in [0.1, 0.15) is 19.3 Å². The van der Waals surface area contributed by atoms with E-state index in [1.165, 1.54) is 12.8 Å². The van der Waals surface area contributed by atoms with Crippen LogP contribution in [-0.2, 0) is 4.74 Å². The predicted molar refractivity (Wildman–Crippen MR) is 69.2 cm³/mol. The molecule has 0 bridgehead atoms. The highest BCUT2D eigenvalue weighted by atomic mass is 16.5. The van der Waals surface area contributed by atoms with Gasteiger partial charge in [-0.1, -0.05) is 0 Å². The Balaban J connectivity index is 1.59. The highest BCUT2D eigenvalue weighted by Gasteiger charge is 2.27. The molecule has 0 aromatic heterocycles. The van der Waals surface area contributed by atoms with Crippen molar-refractivity contribution in [3.05, 3.63) is 0 Å². The Kier molecular flexibility index (Phi) is 4.62. The number of guanidine groups is 1. The SMILES string of the molecule is CN(C(N)=NCCCN1CCOCC1)C1CC1. The molecule has 0 amide bonds. The first-order valence-electron chi connectivity index (χ1n) is 6.60. The van der Waals surface area contributed by atoms with Crippen LogP contribution < -0.4 is 5.73 Å². The van der Waals surface area contributed by atoms with Crippen LogP contribution in [0.5, 0.6) is 0 Å². The average molecular weight is 240 g/mol. The van der Waals surface area contributed by atoms with E-state index >= 15 is 0 Å². The van der Waals surface area contributed by atoms with Gasteiger partial charge in [-0.25, -0.2) is 0 Å². The van der Waals surface area contributed by atoms with E-state index in [1.54, 1.807) is 0 Å². The molecule has 0 atom stereocenters. The number of ether oxygens (including phenoxy) is 1. The monoisotopic (exact) mass is 240 g/mol. The first-order chi connectivity index (χ1) is 8.27. The van der Waals surface area contributed by atoms with Crippen LogP contribution in [0.4, 0.5) is 0 Å². The summed E-state index contributed by atoms with van der Waals surface area (Å²) >= 11 is 0. The molecule has 1 aliphatic carbocycles. The van der Waals surface area contributed by atoms with Crippen molar-refractivity contribution in [1.29, 1.82) is 0 Å². The summed E-state index contributed by atoms with van der Waals surface area (Å²) in [6.07, 6.45) is 3.61. The molecule has 2 fully saturated rings. The number of morpholine rings is 1. The molecule has 2 aliphatic rings. The first kappa shape index (κ1) is 12.6. The zero-order valence-corrected chi connectivity index (χ0v) is 10.8. The standard InChI is InChI=1S/C12H24N4O/c1-15(11-3-4-11)12(13)14-5-2-6-16-7-9-17-10-8-16/h11H,2-10H2,1H3,(H2,13,14). The van der Waals surface area contributed by atoms with Gasteiger partial charge in [0.1, 0.15) is 0 Å². The Morgan fingerprint density at radius 2 is 2.12 bits per heavy atom. The van der Waals surface area contributed by atoms with Crippen molar-refractivity contribution in [1.82, 2.24) is 9.80 Å². The Morgan fingerprint density at radius 3 is 2.76 bits per heavy atom. The van der Waals surface area contributed by atoms with Crippen LogP contribution in [0.15, 0.2) is 4.99 Å². The van der Waals surface area contributed by atoms with Gasteiger partial charge in [-0.05, 0) is 19.3 Å². The second kappa shape index (κ2) is 6.21. The lowest BCUT2D eigenvalue weighted by atomic mass is 10.3. The maximum Gasteiger partial charge on any atom is 0.191 e. The molecule has 2 N–H and O–H groups in total. The molecular weight excluding hydrogens is 216 g/mol. The Labute approximate surface area is 104 Å². The number of hydrogen-bond donors (Lipinski definition) is 1. The van der Waals surface area contributed by atoms with Crippen molar-refractivity contribution >= 4 is 5.96 Å². The van der Waals surface area contributed by atoms with Gasteiger partial charge < -0.3 is 15.4 Å². The summed E-state index contributed by atoms with van der Waals surface area (Å²) in [7, 11) is 2.04. The molecular formula is C12H24N4O. The molecule has 0 spiro atoms. The van der Waals surface area contributed by atoms with E-state index in [0.29, 0.717) is 12.0 Å². The quantitative estimate of drug-likeness (QED) is 0.421. The normalized spacial score (nSPS) is 22.8. The maximum atomic E-state index is 5.92. The molecule has 1 saturated heterocycles. The van der Waals surface area contributed by atoms with Crippen molar-refractivity contribution in [2.24, 2.45) is 10.7 Å². The number of rotatable bonds is 5. The summed E-state index contributed by atoms with van der Waals surface area (Å²) in [5.41, 5.74) is 5.92. The van der Waals surface area contributed by atoms with Gasteiger partial charge in [0.25, 0.3) is 0 Å². The minimum Gasteiger partial charge on any atom is -0.379 e. The fourth-order valence-corrected chi connectivity index (χ4v) is 2.07. The largest absolute Gasteiger partial charge is 0.379 e. The third kappa shape index (κ3) is 4.16. The Hall–Kier alpha value is -0.810. The second-order valence-electron chi connectivity index (χ2n) is 4.89.